The molecule has 0 radical (unpaired) electrons. The van der Waals surface area contributed by atoms with E-state index >= 15 is 0 Å². The second kappa shape index (κ2) is 28.5. The SMILES string of the molecule is c1ccc(-c2ccc(-c3ccc(N(c4ccc(-c5cccc(-c6ccc(N(c7ccc(-c8ccccc8)cc7)c7ccc(N(c8ccccc8)c8ccc9c%10ccccc%10n(-c%10ccccc%10)c9c8)cc7)cc6)c5)cc4)c4ccc5c(c4)sc4cc(N(c6ccccc6)c6ccccc6)ccc45)cc3)cc2)cc1. The molecule has 0 spiro atoms. The summed E-state index contributed by atoms with van der Waals surface area (Å²) >= 11 is 1.85. The summed E-state index contributed by atoms with van der Waals surface area (Å²) in [5, 5.41) is 4.94. The molecule has 0 unspecified atom stereocenters. The van der Waals surface area contributed by atoms with Crippen LogP contribution in [0, 0.1) is 0 Å². The van der Waals surface area contributed by atoms with Gasteiger partial charge in [0.25, 0.3) is 0 Å². The summed E-state index contributed by atoms with van der Waals surface area (Å²) in [6, 6.07) is 156. The molecule has 19 aromatic rings. The van der Waals surface area contributed by atoms with E-state index < -0.39 is 0 Å². The first-order valence-corrected chi connectivity index (χ1v) is 37.6. The number of thiophene rings is 1. The molecule has 0 aliphatic carbocycles. The molecule has 2 aromatic heterocycles. The van der Waals surface area contributed by atoms with Gasteiger partial charge in [-0.2, -0.15) is 0 Å². The van der Waals surface area contributed by atoms with Crippen molar-refractivity contribution in [2.45, 2.75) is 0 Å². The molecule has 0 fully saturated rings. The van der Waals surface area contributed by atoms with E-state index in [0.717, 1.165) is 107 Å². The van der Waals surface area contributed by atoms with Crippen molar-refractivity contribution in [2.75, 3.05) is 19.6 Å². The van der Waals surface area contributed by atoms with Crippen molar-refractivity contribution >= 4 is 122 Å². The molecular weight excluding hydrogens is 1330 g/mol. The molecule has 6 heteroatoms. The molecule has 0 saturated heterocycles. The number of aromatic nitrogens is 1. The van der Waals surface area contributed by atoms with Gasteiger partial charge in [-0.05, 0) is 225 Å². The lowest BCUT2D eigenvalue weighted by Crippen LogP contribution is -2.12. The van der Waals surface area contributed by atoms with Crippen molar-refractivity contribution in [2.24, 2.45) is 0 Å². The van der Waals surface area contributed by atoms with Gasteiger partial charge in [0, 0.05) is 105 Å². The molecule has 0 aliphatic rings. The Morgan fingerprint density at radius 2 is 0.407 bits per heavy atom. The number of hydrogen-bond acceptors (Lipinski definition) is 5. The van der Waals surface area contributed by atoms with E-state index in [1.54, 1.807) is 0 Å². The van der Waals surface area contributed by atoms with Crippen LogP contribution >= 0.6 is 11.3 Å². The van der Waals surface area contributed by atoms with Crippen molar-refractivity contribution in [1.82, 2.24) is 4.57 Å². The maximum Gasteiger partial charge on any atom is 0.0561 e. The van der Waals surface area contributed by atoms with E-state index in [1.165, 1.54) is 64.3 Å². The quantitative estimate of drug-likeness (QED) is 0.0852. The Morgan fingerprint density at radius 1 is 0.157 bits per heavy atom. The Morgan fingerprint density at radius 3 is 0.796 bits per heavy atom. The van der Waals surface area contributed by atoms with E-state index in [9.17, 15) is 0 Å². The van der Waals surface area contributed by atoms with Crippen LogP contribution in [0.25, 0.3) is 103 Å². The maximum absolute atomic E-state index is 2.40. The summed E-state index contributed by atoms with van der Waals surface area (Å²) < 4.78 is 4.86. The highest BCUT2D eigenvalue weighted by atomic mass is 32.1. The van der Waals surface area contributed by atoms with Crippen molar-refractivity contribution in [3.05, 3.63) is 431 Å². The third-order valence-corrected chi connectivity index (χ3v) is 21.9. The molecule has 0 aliphatic heterocycles. The van der Waals surface area contributed by atoms with Crippen LogP contribution in [-0.2, 0) is 0 Å². The predicted molar refractivity (Wildman–Crippen MR) is 460 cm³/mol. The van der Waals surface area contributed by atoms with E-state index in [2.05, 4.69) is 455 Å². The molecule has 0 amide bonds. The minimum absolute atomic E-state index is 1.04. The standard InChI is InChI=1S/C102H71N5S/c1-7-22-72(23-8-1)74-38-40-75(41-39-74)77-44-52-88(53-45-77)106(94-64-67-98-97-66-63-93(70-101(97)108-102(98)71-94)104(82-28-11-3-12-29-82)83-30-13-4-14-31-83)89-56-48-79(49-57-89)81-27-21-26-80(68-81)78-46-54-87(55-47-78)103(86-50-42-76(43-51-86)73-24-9-2-10-25-73)90-58-60-91(61-59-90)105(84-32-15-5-16-33-84)92-62-65-96-95-36-19-20-37-99(95)107(100(96)69-92)85-34-17-6-18-35-85/h1-71H. The van der Waals surface area contributed by atoms with Gasteiger partial charge in [-0.25, -0.2) is 0 Å². The second-order valence-corrected chi connectivity index (χ2v) is 28.4. The van der Waals surface area contributed by atoms with Gasteiger partial charge in [-0.15, -0.1) is 11.3 Å². The number of anilines is 12. The summed E-state index contributed by atoms with van der Waals surface area (Å²) in [5.41, 5.74) is 28.1. The van der Waals surface area contributed by atoms with Gasteiger partial charge in [-0.3, -0.25) is 0 Å². The fraction of sp³-hybridized carbons (Fsp3) is 0. The van der Waals surface area contributed by atoms with E-state index in [0.29, 0.717) is 0 Å². The number of para-hydroxylation sites is 5. The van der Waals surface area contributed by atoms with E-state index in [1.807, 2.05) is 11.3 Å². The minimum Gasteiger partial charge on any atom is -0.311 e. The summed E-state index contributed by atoms with van der Waals surface area (Å²) in [5.74, 6) is 0. The van der Waals surface area contributed by atoms with Gasteiger partial charge in [0.1, 0.15) is 0 Å². The fourth-order valence-corrected chi connectivity index (χ4v) is 16.6. The predicted octanol–water partition coefficient (Wildman–Crippen LogP) is 29.4. The third kappa shape index (κ3) is 12.6. The molecule has 0 saturated carbocycles. The Balaban J connectivity index is 0.641. The van der Waals surface area contributed by atoms with Crippen molar-refractivity contribution in [1.29, 1.82) is 0 Å². The fourth-order valence-electron chi connectivity index (χ4n) is 15.5. The monoisotopic (exact) mass is 1400 g/mol. The highest BCUT2D eigenvalue weighted by Gasteiger charge is 2.22. The number of fused-ring (bicyclic) bond motifs is 6. The summed E-state index contributed by atoms with van der Waals surface area (Å²) in [4.78, 5) is 9.47. The third-order valence-electron chi connectivity index (χ3n) is 20.8. The first-order valence-electron chi connectivity index (χ1n) is 36.8. The maximum atomic E-state index is 2.40. The van der Waals surface area contributed by atoms with Crippen LogP contribution in [0.4, 0.5) is 68.2 Å². The number of rotatable bonds is 18. The van der Waals surface area contributed by atoms with E-state index in [4.69, 9.17) is 0 Å². The zero-order valence-corrected chi connectivity index (χ0v) is 60.0. The lowest BCUT2D eigenvalue weighted by atomic mass is 9.98. The van der Waals surface area contributed by atoms with E-state index in [-0.39, 0.29) is 0 Å². The molecule has 0 atom stereocenters. The largest absolute Gasteiger partial charge is 0.311 e. The zero-order valence-electron chi connectivity index (χ0n) is 59.1. The van der Waals surface area contributed by atoms with Crippen molar-refractivity contribution in [3.8, 4) is 61.3 Å². The molecule has 108 heavy (non-hydrogen) atoms. The molecular formula is C102H71N5S. The van der Waals surface area contributed by atoms with Crippen LogP contribution in [0.1, 0.15) is 0 Å². The molecule has 0 N–H and O–H groups in total. The Bertz CT molecular complexity index is 6310. The van der Waals surface area contributed by atoms with Gasteiger partial charge in [-0.1, -0.05) is 261 Å². The summed E-state index contributed by atoms with van der Waals surface area (Å²) in [6.45, 7) is 0. The molecule has 19 rings (SSSR count). The Labute approximate surface area is 633 Å². The van der Waals surface area contributed by atoms with Crippen LogP contribution in [0.5, 0.6) is 0 Å². The summed E-state index contributed by atoms with van der Waals surface area (Å²) in [7, 11) is 0. The van der Waals surface area contributed by atoms with Crippen LogP contribution in [0.15, 0.2) is 431 Å². The number of hydrogen-bond donors (Lipinski definition) is 0. The molecule has 2 heterocycles. The van der Waals surface area contributed by atoms with Gasteiger partial charge < -0.3 is 24.2 Å². The smallest absolute Gasteiger partial charge is 0.0561 e. The topological polar surface area (TPSA) is 17.9 Å². The summed E-state index contributed by atoms with van der Waals surface area (Å²) in [6.07, 6.45) is 0. The normalized spacial score (nSPS) is 11.3. The average Bonchev–Trinajstić information content (AvgIpc) is 1.59. The van der Waals surface area contributed by atoms with Gasteiger partial charge in [0.15, 0.2) is 0 Å². The molecule has 17 aromatic carbocycles. The van der Waals surface area contributed by atoms with Gasteiger partial charge >= 0.3 is 0 Å². The highest BCUT2D eigenvalue weighted by Crippen LogP contribution is 2.47. The van der Waals surface area contributed by atoms with Crippen molar-refractivity contribution in [3.63, 3.8) is 0 Å². The Kier molecular flexibility index (Phi) is 17.1. The lowest BCUT2D eigenvalue weighted by molar-refractivity contribution is 1.18. The zero-order chi connectivity index (χ0) is 71.7. The average molecular weight is 1400 g/mol. The Hall–Kier alpha value is -14.0. The molecule has 0 bridgehead atoms. The number of benzene rings is 17. The second-order valence-electron chi connectivity index (χ2n) is 27.3. The first kappa shape index (κ1) is 64.8. The van der Waals surface area contributed by atoms with Gasteiger partial charge in [0.2, 0.25) is 0 Å². The molecule has 510 valence electrons. The first-order chi connectivity index (χ1) is 53.5. The lowest BCUT2D eigenvalue weighted by Gasteiger charge is -2.28. The minimum atomic E-state index is 1.04. The van der Waals surface area contributed by atoms with Crippen LogP contribution in [0.2, 0.25) is 0 Å². The molecule has 5 nitrogen and oxygen atoms in total. The van der Waals surface area contributed by atoms with Crippen LogP contribution in [0.3, 0.4) is 0 Å². The highest BCUT2D eigenvalue weighted by molar-refractivity contribution is 7.25. The van der Waals surface area contributed by atoms with Gasteiger partial charge in [0.05, 0.1) is 11.0 Å². The van der Waals surface area contributed by atoms with Crippen LogP contribution < -0.4 is 19.6 Å². The number of nitrogens with zero attached hydrogens (tertiary/aromatic N) is 5. The van der Waals surface area contributed by atoms with Crippen molar-refractivity contribution < 1.29 is 0 Å². The van der Waals surface area contributed by atoms with Crippen LogP contribution in [-0.4, -0.2) is 4.57 Å².